The van der Waals surface area contributed by atoms with E-state index in [4.69, 9.17) is 0 Å². The molecule has 1 heterocycles. The van der Waals surface area contributed by atoms with Gasteiger partial charge in [0.2, 0.25) is 5.69 Å². The van der Waals surface area contributed by atoms with Gasteiger partial charge < -0.3 is 5.32 Å². The minimum Gasteiger partial charge on any atom is -0.344 e. The molecule has 7 nitrogen and oxygen atoms in total. The molecule has 1 amide bonds. The largest absolute Gasteiger partial charge is 0.352 e. The van der Waals surface area contributed by atoms with Crippen molar-refractivity contribution < 1.29 is 13.6 Å². The van der Waals surface area contributed by atoms with Gasteiger partial charge in [-0.05, 0) is 42.8 Å². The van der Waals surface area contributed by atoms with E-state index < -0.39 is 47.1 Å². The van der Waals surface area contributed by atoms with Crippen LogP contribution in [0.25, 0.3) is 5.69 Å². The molecule has 34 heavy (non-hydrogen) atoms. The van der Waals surface area contributed by atoms with Crippen LogP contribution < -0.4 is 16.6 Å². The van der Waals surface area contributed by atoms with Crippen LogP contribution in [0.3, 0.4) is 0 Å². The SMILES string of the molecule is C[C@@H](NC(=O)c1nn(-c2ccc(F)cc2)c(=O)n(Cc2ccccc2F)c1=O)c1ccccc1. The fourth-order valence-corrected chi connectivity index (χ4v) is 3.43. The topological polar surface area (TPSA) is 86.0 Å². The summed E-state index contributed by atoms with van der Waals surface area (Å²) in [6.45, 7) is 1.32. The summed E-state index contributed by atoms with van der Waals surface area (Å²) in [4.78, 5) is 39.3. The molecule has 1 atom stereocenters. The molecule has 0 saturated heterocycles. The van der Waals surface area contributed by atoms with Crippen LogP contribution in [-0.4, -0.2) is 20.3 Å². The Morgan fingerprint density at radius 1 is 0.941 bits per heavy atom. The second kappa shape index (κ2) is 9.62. The molecule has 0 aliphatic rings. The van der Waals surface area contributed by atoms with Crippen molar-refractivity contribution in [1.29, 1.82) is 0 Å². The third-order valence-corrected chi connectivity index (χ3v) is 5.28. The van der Waals surface area contributed by atoms with E-state index in [1.54, 1.807) is 13.0 Å². The second-order valence-electron chi connectivity index (χ2n) is 7.61. The molecule has 0 fully saturated rings. The van der Waals surface area contributed by atoms with Crippen LogP contribution in [0.2, 0.25) is 0 Å². The summed E-state index contributed by atoms with van der Waals surface area (Å²) < 4.78 is 29.2. The van der Waals surface area contributed by atoms with Gasteiger partial charge in [0, 0.05) is 5.56 Å². The van der Waals surface area contributed by atoms with E-state index in [2.05, 4.69) is 10.4 Å². The van der Waals surface area contributed by atoms with E-state index in [0.29, 0.717) is 0 Å². The number of halogens is 2. The van der Waals surface area contributed by atoms with Crippen LogP contribution in [0, 0.1) is 11.6 Å². The van der Waals surface area contributed by atoms with Gasteiger partial charge in [0.05, 0.1) is 18.3 Å². The molecule has 0 spiro atoms. The van der Waals surface area contributed by atoms with E-state index in [0.717, 1.165) is 26.9 Å². The highest BCUT2D eigenvalue weighted by Gasteiger charge is 2.22. The van der Waals surface area contributed by atoms with E-state index >= 15 is 0 Å². The van der Waals surface area contributed by atoms with E-state index in [-0.39, 0.29) is 11.3 Å². The zero-order valence-corrected chi connectivity index (χ0v) is 18.1. The highest BCUT2D eigenvalue weighted by molar-refractivity contribution is 5.92. The molecule has 0 aliphatic carbocycles. The predicted molar refractivity (Wildman–Crippen MR) is 122 cm³/mol. The highest BCUT2D eigenvalue weighted by atomic mass is 19.1. The lowest BCUT2D eigenvalue weighted by Gasteiger charge is -2.16. The average molecular weight is 462 g/mol. The van der Waals surface area contributed by atoms with Gasteiger partial charge in [-0.25, -0.2) is 13.6 Å². The van der Waals surface area contributed by atoms with Gasteiger partial charge in [-0.2, -0.15) is 9.78 Å². The Balaban J connectivity index is 1.82. The van der Waals surface area contributed by atoms with Crippen LogP contribution in [0.1, 0.15) is 34.6 Å². The number of amides is 1. The first-order valence-corrected chi connectivity index (χ1v) is 10.4. The fourth-order valence-electron chi connectivity index (χ4n) is 3.43. The van der Waals surface area contributed by atoms with Crippen molar-refractivity contribution in [2.75, 3.05) is 0 Å². The van der Waals surface area contributed by atoms with Crippen LogP contribution in [0.15, 0.2) is 88.5 Å². The standard InChI is InChI=1S/C25H20F2N4O3/c1-16(17-7-3-2-4-8-17)28-23(32)22-24(33)30(15-18-9-5-6-10-21(18)27)25(34)31(29-22)20-13-11-19(26)12-14-20/h2-14,16H,15H2,1H3,(H,28,32)/t16-/m1/s1. The number of aromatic nitrogens is 3. The zero-order valence-electron chi connectivity index (χ0n) is 18.1. The summed E-state index contributed by atoms with van der Waals surface area (Å²) in [6, 6.07) is 19.1. The lowest BCUT2D eigenvalue weighted by atomic mass is 10.1. The molecule has 0 saturated carbocycles. The first kappa shape index (κ1) is 22.8. The third kappa shape index (κ3) is 4.68. The van der Waals surface area contributed by atoms with E-state index in [1.807, 2.05) is 30.3 Å². The van der Waals surface area contributed by atoms with E-state index in [9.17, 15) is 23.2 Å². The Morgan fingerprint density at radius 3 is 2.26 bits per heavy atom. The van der Waals surface area contributed by atoms with Gasteiger partial charge in [0.1, 0.15) is 11.6 Å². The number of nitrogens with one attached hydrogen (secondary N) is 1. The molecule has 4 rings (SSSR count). The van der Waals surface area contributed by atoms with Gasteiger partial charge in [0.25, 0.3) is 11.5 Å². The second-order valence-corrected chi connectivity index (χ2v) is 7.61. The predicted octanol–water partition coefficient (Wildman–Crippen LogP) is 3.21. The summed E-state index contributed by atoms with van der Waals surface area (Å²) in [5, 5.41) is 6.68. The van der Waals surface area contributed by atoms with Crippen LogP contribution >= 0.6 is 0 Å². The number of nitrogens with zero attached hydrogens (tertiary/aromatic N) is 3. The van der Waals surface area contributed by atoms with Crippen molar-refractivity contribution in [2.45, 2.75) is 19.5 Å². The molecule has 9 heteroatoms. The van der Waals surface area contributed by atoms with Crippen molar-refractivity contribution >= 4 is 5.91 Å². The Labute approximate surface area is 192 Å². The fraction of sp³-hybridized carbons (Fsp3) is 0.120. The normalized spacial score (nSPS) is 11.7. The minimum atomic E-state index is -0.968. The minimum absolute atomic E-state index is 0.0857. The van der Waals surface area contributed by atoms with Gasteiger partial charge in [-0.1, -0.05) is 48.5 Å². The van der Waals surface area contributed by atoms with Gasteiger partial charge in [-0.3, -0.25) is 14.2 Å². The lowest BCUT2D eigenvalue weighted by Crippen LogP contribution is -2.46. The number of benzene rings is 3. The van der Waals surface area contributed by atoms with Crippen molar-refractivity contribution in [1.82, 2.24) is 19.7 Å². The Bertz CT molecular complexity index is 1450. The van der Waals surface area contributed by atoms with Gasteiger partial charge >= 0.3 is 5.69 Å². The quantitative estimate of drug-likeness (QED) is 0.477. The van der Waals surface area contributed by atoms with Crippen molar-refractivity contribution in [3.05, 3.63) is 128 Å². The molecule has 0 aliphatic heterocycles. The smallest absolute Gasteiger partial charge is 0.344 e. The number of hydrogen-bond donors (Lipinski definition) is 1. The van der Waals surface area contributed by atoms with E-state index in [1.165, 1.54) is 30.3 Å². The van der Waals surface area contributed by atoms with Crippen molar-refractivity contribution in [3.63, 3.8) is 0 Å². The molecule has 0 bridgehead atoms. The Morgan fingerprint density at radius 2 is 1.59 bits per heavy atom. The van der Waals surface area contributed by atoms with Crippen molar-refractivity contribution in [3.8, 4) is 5.69 Å². The monoisotopic (exact) mass is 462 g/mol. The van der Waals surface area contributed by atoms with Crippen LogP contribution in [0.5, 0.6) is 0 Å². The molecular formula is C25H20F2N4O3. The first-order valence-electron chi connectivity index (χ1n) is 10.4. The zero-order chi connectivity index (χ0) is 24.2. The summed E-state index contributed by atoms with van der Waals surface area (Å²) >= 11 is 0. The molecule has 0 unspecified atom stereocenters. The molecular weight excluding hydrogens is 442 g/mol. The average Bonchev–Trinajstić information content (AvgIpc) is 2.84. The maximum Gasteiger partial charge on any atom is 0.352 e. The Hall–Kier alpha value is -4.40. The molecule has 172 valence electrons. The summed E-state index contributed by atoms with van der Waals surface area (Å²) in [6.07, 6.45) is 0. The van der Waals surface area contributed by atoms with Gasteiger partial charge in [-0.15, -0.1) is 0 Å². The number of rotatable bonds is 6. The molecule has 3 aromatic carbocycles. The maximum atomic E-state index is 14.3. The highest BCUT2D eigenvalue weighted by Crippen LogP contribution is 2.12. The summed E-state index contributed by atoms with van der Waals surface area (Å²) in [5.74, 6) is -1.95. The first-order chi connectivity index (χ1) is 16.3. The number of carbonyl (C=O) groups excluding carboxylic acids is 1. The van der Waals surface area contributed by atoms with Crippen LogP contribution in [-0.2, 0) is 6.54 Å². The van der Waals surface area contributed by atoms with Crippen molar-refractivity contribution in [2.24, 2.45) is 0 Å². The van der Waals surface area contributed by atoms with Gasteiger partial charge in [0.15, 0.2) is 0 Å². The summed E-state index contributed by atoms with van der Waals surface area (Å²) in [7, 11) is 0. The third-order valence-electron chi connectivity index (χ3n) is 5.28. The van der Waals surface area contributed by atoms with Crippen LogP contribution in [0.4, 0.5) is 8.78 Å². The Kier molecular flexibility index (Phi) is 6.44. The molecule has 1 aromatic heterocycles. The summed E-state index contributed by atoms with van der Waals surface area (Å²) in [5.41, 5.74) is -1.39. The molecule has 0 radical (unpaired) electrons. The number of hydrogen-bond acceptors (Lipinski definition) is 4. The molecule has 1 N–H and O–H groups in total. The number of carbonyl (C=O) groups is 1. The lowest BCUT2D eigenvalue weighted by molar-refractivity contribution is 0.0930. The molecule has 4 aromatic rings. The maximum absolute atomic E-state index is 14.3.